The maximum absolute atomic E-state index is 14.5. The molecule has 1 saturated heterocycles. The Kier molecular flexibility index (Phi) is 6.31. The molecule has 1 N–H and O–H groups in total. The fraction of sp³-hybridized carbons (Fsp3) is 0.542. The lowest BCUT2D eigenvalue weighted by Crippen LogP contribution is -2.53. The molecule has 7 nitrogen and oxygen atoms in total. The normalized spacial score (nSPS) is 21.9. The minimum absolute atomic E-state index is 0.316. The van der Waals surface area contributed by atoms with Crippen LogP contribution in [0.4, 0.5) is 23.2 Å². The zero-order valence-electron chi connectivity index (χ0n) is 19.6. The number of rotatable bonds is 4. The predicted molar refractivity (Wildman–Crippen MR) is 120 cm³/mol. The van der Waals surface area contributed by atoms with E-state index in [-0.39, 0.29) is 11.4 Å². The monoisotopic (exact) mass is 496 g/mol. The van der Waals surface area contributed by atoms with Crippen molar-refractivity contribution >= 4 is 17.6 Å². The highest BCUT2D eigenvalue weighted by Gasteiger charge is 2.57. The molecule has 1 atom stereocenters. The molecule has 0 bridgehead atoms. The number of pyridine rings is 1. The van der Waals surface area contributed by atoms with E-state index in [0.717, 1.165) is 36.6 Å². The summed E-state index contributed by atoms with van der Waals surface area (Å²) < 4.78 is 48.4. The van der Waals surface area contributed by atoms with Gasteiger partial charge in [-0.3, -0.25) is 4.79 Å². The van der Waals surface area contributed by atoms with Gasteiger partial charge in [-0.15, -0.1) is 0 Å². The third-order valence-corrected chi connectivity index (χ3v) is 6.81. The van der Waals surface area contributed by atoms with E-state index in [1.807, 2.05) is 24.5 Å². The number of amides is 1. The lowest BCUT2D eigenvalue weighted by Gasteiger charge is -2.47. The van der Waals surface area contributed by atoms with E-state index < -0.39 is 17.8 Å². The van der Waals surface area contributed by atoms with Crippen molar-refractivity contribution in [1.82, 2.24) is 14.5 Å². The Hall–Kier alpha value is -3.11. The van der Waals surface area contributed by atoms with Gasteiger partial charge in [0, 0.05) is 32.0 Å². The first-order chi connectivity index (χ1) is 16.4. The van der Waals surface area contributed by atoms with Gasteiger partial charge in [-0.1, -0.05) is 13.8 Å². The van der Waals surface area contributed by atoms with E-state index in [1.54, 1.807) is 4.90 Å². The van der Waals surface area contributed by atoms with Crippen molar-refractivity contribution in [3.63, 3.8) is 0 Å². The molecule has 190 valence electrons. The number of carbonyl (C=O) groups is 2. The molecule has 1 unspecified atom stereocenters. The number of aliphatic carboxylic acids is 1. The highest BCUT2D eigenvalue weighted by Crippen LogP contribution is 2.49. The van der Waals surface area contributed by atoms with Gasteiger partial charge in [0.2, 0.25) is 0 Å². The lowest BCUT2D eigenvalue weighted by atomic mass is 9.88. The van der Waals surface area contributed by atoms with Gasteiger partial charge in [0.1, 0.15) is 5.54 Å². The molecule has 35 heavy (non-hydrogen) atoms. The first-order valence-electron chi connectivity index (χ1n) is 11.6. The fourth-order valence-corrected chi connectivity index (χ4v) is 4.82. The number of likely N-dealkylation sites (tertiary alicyclic amines) is 1. The molecular formula is C24H28F4N4O3. The van der Waals surface area contributed by atoms with Crippen molar-refractivity contribution in [3.05, 3.63) is 42.4 Å². The van der Waals surface area contributed by atoms with Gasteiger partial charge in [-0.25, -0.2) is 14.2 Å². The van der Waals surface area contributed by atoms with E-state index >= 15 is 0 Å². The second-order valence-electron chi connectivity index (χ2n) is 9.72. The van der Waals surface area contributed by atoms with Crippen LogP contribution in [0, 0.1) is 5.92 Å². The summed E-state index contributed by atoms with van der Waals surface area (Å²) in [5, 5.41) is 7.12. The van der Waals surface area contributed by atoms with Crippen molar-refractivity contribution in [2.45, 2.75) is 56.9 Å². The zero-order chi connectivity index (χ0) is 25.6. The SMILES string of the molecule is CC(C)CCN1c2cccnc2-n2cccc2C12CCN(C(=O)C1(F)CC1)C2.O=C(O)C(F)(F)F. The first kappa shape index (κ1) is 25.0. The number of carbonyl (C=O) groups excluding carboxylic acids is 1. The highest BCUT2D eigenvalue weighted by molar-refractivity contribution is 5.88. The molecule has 2 aromatic heterocycles. The van der Waals surface area contributed by atoms with E-state index in [9.17, 15) is 22.4 Å². The molecule has 4 heterocycles. The van der Waals surface area contributed by atoms with Crippen LogP contribution in [0.5, 0.6) is 0 Å². The van der Waals surface area contributed by atoms with Gasteiger partial charge in [0.25, 0.3) is 5.91 Å². The molecule has 0 radical (unpaired) electrons. The number of alkyl halides is 4. The van der Waals surface area contributed by atoms with Crippen LogP contribution in [0.2, 0.25) is 0 Å². The van der Waals surface area contributed by atoms with Gasteiger partial charge in [-0.2, -0.15) is 13.2 Å². The topological polar surface area (TPSA) is 78.7 Å². The minimum Gasteiger partial charge on any atom is -0.475 e. The summed E-state index contributed by atoms with van der Waals surface area (Å²) in [4.78, 5) is 30.5. The summed E-state index contributed by atoms with van der Waals surface area (Å²) in [5.74, 6) is -1.56. The zero-order valence-corrected chi connectivity index (χ0v) is 19.6. The van der Waals surface area contributed by atoms with Gasteiger partial charge >= 0.3 is 12.1 Å². The van der Waals surface area contributed by atoms with E-state index in [0.29, 0.717) is 31.8 Å². The number of halogens is 4. The summed E-state index contributed by atoms with van der Waals surface area (Å²) >= 11 is 0. The fourth-order valence-electron chi connectivity index (χ4n) is 4.82. The highest BCUT2D eigenvalue weighted by atomic mass is 19.4. The van der Waals surface area contributed by atoms with Crippen LogP contribution >= 0.6 is 0 Å². The van der Waals surface area contributed by atoms with Crippen LogP contribution in [0.15, 0.2) is 36.7 Å². The third-order valence-electron chi connectivity index (χ3n) is 6.81. The first-order valence-corrected chi connectivity index (χ1v) is 11.6. The summed E-state index contributed by atoms with van der Waals surface area (Å²) in [7, 11) is 0. The Morgan fingerprint density at radius 2 is 1.86 bits per heavy atom. The van der Waals surface area contributed by atoms with Crippen molar-refractivity contribution in [1.29, 1.82) is 0 Å². The predicted octanol–water partition coefficient (Wildman–Crippen LogP) is 4.30. The van der Waals surface area contributed by atoms with E-state index in [4.69, 9.17) is 9.90 Å². The number of aromatic nitrogens is 2. The maximum Gasteiger partial charge on any atom is 0.490 e. The Balaban J connectivity index is 0.000000364. The van der Waals surface area contributed by atoms with Gasteiger partial charge < -0.3 is 19.5 Å². The molecule has 1 aliphatic carbocycles. The number of hydrogen-bond acceptors (Lipinski definition) is 4. The summed E-state index contributed by atoms with van der Waals surface area (Å²) in [6.45, 7) is 6.49. The molecule has 0 aromatic carbocycles. The largest absolute Gasteiger partial charge is 0.490 e. The molecular weight excluding hydrogens is 468 g/mol. The van der Waals surface area contributed by atoms with Crippen molar-refractivity contribution < 1.29 is 32.3 Å². The number of nitrogens with zero attached hydrogens (tertiary/aromatic N) is 4. The third kappa shape index (κ3) is 4.60. The Morgan fingerprint density at radius 1 is 1.17 bits per heavy atom. The van der Waals surface area contributed by atoms with E-state index in [2.05, 4.69) is 40.4 Å². The summed E-state index contributed by atoms with van der Waals surface area (Å²) in [6.07, 6.45) is 1.39. The number of hydrogen-bond donors (Lipinski definition) is 1. The minimum atomic E-state index is -5.08. The van der Waals surface area contributed by atoms with Crippen molar-refractivity contribution in [3.8, 4) is 5.82 Å². The molecule has 3 aliphatic rings. The molecule has 1 amide bonds. The number of anilines is 1. The van der Waals surface area contributed by atoms with E-state index in [1.165, 1.54) is 0 Å². The average molecular weight is 497 g/mol. The molecule has 1 saturated carbocycles. The standard InChI is InChI=1S/C22H27FN4O.C2HF3O2/c1-16(2)7-13-27-17-5-3-11-24-19(17)26-12-4-6-18(26)22(27)10-14-25(15-22)20(28)21(23)8-9-21;3-2(4,5)1(6)7/h3-6,11-12,16H,7-10,13-15H2,1-2H3;(H,6,7). The molecule has 2 fully saturated rings. The van der Waals surface area contributed by atoms with Crippen LogP contribution in [-0.2, 0) is 15.1 Å². The number of carboxylic acids is 1. The maximum atomic E-state index is 14.5. The van der Waals surface area contributed by atoms with Crippen LogP contribution in [0.3, 0.4) is 0 Å². The van der Waals surface area contributed by atoms with Crippen molar-refractivity contribution in [2.24, 2.45) is 5.92 Å². The molecule has 2 aliphatic heterocycles. The Bertz CT molecular complexity index is 1110. The molecule has 2 aromatic rings. The van der Waals surface area contributed by atoms with Crippen LogP contribution in [0.25, 0.3) is 5.82 Å². The van der Waals surface area contributed by atoms with Gasteiger partial charge in [0.05, 0.1) is 11.4 Å². The van der Waals surface area contributed by atoms with Crippen LogP contribution in [0.1, 0.15) is 45.2 Å². The van der Waals surface area contributed by atoms with Crippen molar-refractivity contribution in [2.75, 3.05) is 24.5 Å². The molecule has 11 heteroatoms. The molecule has 1 spiro atoms. The molecule has 5 rings (SSSR count). The average Bonchev–Trinajstić information content (AvgIpc) is 3.19. The number of fused-ring (bicyclic) bond motifs is 4. The van der Waals surface area contributed by atoms with Crippen LogP contribution < -0.4 is 4.90 Å². The quantitative estimate of drug-likeness (QED) is 0.639. The van der Waals surface area contributed by atoms with Gasteiger partial charge in [-0.05, 0) is 55.9 Å². The summed E-state index contributed by atoms with van der Waals surface area (Å²) in [6, 6.07) is 8.28. The van der Waals surface area contributed by atoms with Gasteiger partial charge in [0.15, 0.2) is 11.5 Å². The second-order valence-corrected chi connectivity index (χ2v) is 9.72. The smallest absolute Gasteiger partial charge is 0.475 e. The Morgan fingerprint density at radius 3 is 2.46 bits per heavy atom. The van der Waals surface area contributed by atoms with Crippen LogP contribution in [-0.4, -0.2) is 62.9 Å². The number of carboxylic acid groups (broad SMARTS) is 1. The summed E-state index contributed by atoms with van der Waals surface area (Å²) in [5.41, 5.74) is 0.323. The Labute approximate surface area is 200 Å². The lowest BCUT2D eigenvalue weighted by molar-refractivity contribution is -0.192. The second kappa shape index (κ2) is 8.83.